The molecule has 1 fully saturated rings. The second-order valence-corrected chi connectivity index (χ2v) is 7.24. The van der Waals surface area contributed by atoms with Crippen LogP contribution in [0.2, 0.25) is 0 Å². The van der Waals surface area contributed by atoms with Crippen molar-refractivity contribution in [1.29, 1.82) is 5.26 Å². The molecule has 1 atom stereocenters. The summed E-state index contributed by atoms with van der Waals surface area (Å²) >= 11 is 0. The maximum Gasteiger partial charge on any atom is 0.246 e. The molecule has 0 aromatic carbocycles. The molecule has 1 aliphatic heterocycles. The number of hydrogen-bond donors (Lipinski definition) is 0. The highest BCUT2D eigenvalue weighted by Crippen LogP contribution is 2.24. The maximum absolute atomic E-state index is 12.8. The number of sulfonamides is 1. The second-order valence-electron chi connectivity index (χ2n) is 5.37. The van der Waals surface area contributed by atoms with Gasteiger partial charge in [0.05, 0.1) is 23.5 Å². The zero-order valence-electron chi connectivity index (χ0n) is 12.9. The van der Waals surface area contributed by atoms with Gasteiger partial charge < -0.3 is 0 Å². The zero-order chi connectivity index (χ0) is 15.8. The van der Waals surface area contributed by atoms with Gasteiger partial charge in [-0.15, -0.1) is 0 Å². The summed E-state index contributed by atoms with van der Waals surface area (Å²) in [6.07, 6.45) is 0. The van der Waals surface area contributed by atoms with Crippen molar-refractivity contribution in [3.63, 3.8) is 0 Å². The van der Waals surface area contributed by atoms with Gasteiger partial charge in [0.15, 0.2) is 0 Å². The van der Waals surface area contributed by atoms with Crippen molar-refractivity contribution in [2.75, 3.05) is 26.2 Å². The van der Waals surface area contributed by atoms with Gasteiger partial charge in [-0.2, -0.15) is 14.7 Å². The van der Waals surface area contributed by atoms with E-state index >= 15 is 0 Å². The molecule has 8 heteroatoms. The third kappa shape index (κ3) is 2.81. The summed E-state index contributed by atoms with van der Waals surface area (Å²) in [6, 6.07) is 2.00. The Kier molecular flexibility index (Phi) is 4.37. The van der Waals surface area contributed by atoms with Crippen LogP contribution in [0.5, 0.6) is 0 Å². The van der Waals surface area contributed by atoms with Crippen LogP contribution in [0, 0.1) is 25.2 Å². The fourth-order valence-corrected chi connectivity index (χ4v) is 4.49. The first-order valence-electron chi connectivity index (χ1n) is 6.93. The van der Waals surface area contributed by atoms with Gasteiger partial charge in [-0.1, -0.05) is 0 Å². The first-order chi connectivity index (χ1) is 9.78. The molecule has 1 unspecified atom stereocenters. The van der Waals surface area contributed by atoms with Gasteiger partial charge in [-0.05, 0) is 20.8 Å². The molecule has 0 amide bonds. The highest BCUT2D eigenvalue weighted by molar-refractivity contribution is 7.89. The lowest BCUT2D eigenvalue weighted by molar-refractivity contribution is 0.169. The van der Waals surface area contributed by atoms with E-state index in [0.29, 0.717) is 42.5 Å². The largest absolute Gasteiger partial charge is 0.286 e. The van der Waals surface area contributed by atoms with Gasteiger partial charge in [0.1, 0.15) is 4.90 Å². The van der Waals surface area contributed by atoms with E-state index in [0.717, 1.165) is 0 Å². The molecule has 1 aromatic rings. The first kappa shape index (κ1) is 15.9. The van der Waals surface area contributed by atoms with Crippen LogP contribution in [0.25, 0.3) is 0 Å². The lowest BCUT2D eigenvalue weighted by Crippen LogP contribution is -2.51. The lowest BCUT2D eigenvalue weighted by atomic mass is 10.2. The van der Waals surface area contributed by atoms with Crippen molar-refractivity contribution >= 4 is 10.0 Å². The Morgan fingerprint density at radius 1 is 1.24 bits per heavy atom. The minimum Gasteiger partial charge on any atom is -0.286 e. The average molecular weight is 311 g/mol. The SMILES string of the molecule is Cc1nn(C)c(C)c1S(=O)(=O)N1CCN(C(C)C#N)CC1. The third-order valence-electron chi connectivity index (χ3n) is 4.05. The zero-order valence-corrected chi connectivity index (χ0v) is 13.7. The Bertz CT molecular complexity index is 665. The molecular weight excluding hydrogens is 290 g/mol. The van der Waals surface area contributed by atoms with Crippen LogP contribution < -0.4 is 0 Å². The molecule has 1 aromatic heterocycles. The van der Waals surface area contributed by atoms with E-state index in [4.69, 9.17) is 5.26 Å². The van der Waals surface area contributed by atoms with Crippen LogP contribution >= 0.6 is 0 Å². The molecule has 2 heterocycles. The minimum atomic E-state index is -3.52. The van der Waals surface area contributed by atoms with E-state index in [-0.39, 0.29) is 6.04 Å². The van der Waals surface area contributed by atoms with Crippen LogP contribution in [-0.4, -0.2) is 59.6 Å². The van der Waals surface area contributed by atoms with Crippen molar-refractivity contribution < 1.29 is 8.42 Å². The fourth-order valence-electron chi connectivity index (χ4n) is 2.67. The van der Waals surface area contributed by atoms with E-state index in [1.807, 2.05) is 11.8 Å². The van der Waals surface area contributed by atoms with Gasteiger partial charge in [-0.3, -0.25) is 9.58 Å². The summed E-state index contributed by atoms with van der Waals surface area (Å²) < 4.78 is 28.6. The quantitative estimate of drug-likeness (QED) is 0.799. The molecule has 0 saturated carbocycles. The highest BCUT2D eigenvalue weighted by Gasteiger charge is 2.33. The van der Waals surface area contributed by atoms with E-state index in [1.54, 1.807) is 25.6 Å². The molecule has 1 saturated heterocycles. The number of nitrogens with zero attached hydrogens (tertiary/aromatic N) is 5. The molecular formula is C13H21N5O2S. The van der Waals surface area contributed by atoms with Crippen molar-refractivity contribution in [2.24, 2.45) is 7.05 Å². The number of piperazine rings is 1. The Balaban J connectivity index is 2.21. The molecule has 0 radical (unpaired) electrons. The highest BCUT2D eigenvalue weighted by atomic mass is 32.2. The van der Waals surface area contributed by atoms with E-state index in [2.05, 4.69) is 11.2 Å². The normalized spacial score (nSPS) is 19.4. The number of rotatable bonds is 3. The summed E-state index contributed by atoms with van der Waals surface area (Å²) in [5, 5.41) is 13.1. The number of aryl methyl sites for hydroxylation is 2. The fraction of sp³-hybridized carbons (Fsp3) is 0.692. The summed E-state index contributed by atoms with van der Waals surface area (Å²) in [5.41, 5.74) is 1.18. The summed E-state index contributed by atoms with van der Waals surface area (Å²) in [6.45, 7) is 7.28. The van der Waals surface area contributed by atoms with E-state index < -0.39 is 10.0 Å². The van der Waals surface area contributed by atoms with Crippen LogP contribution in [0.3, 0.4) is 0 Å². The topological polar surface area (TPSA) is 82.2 Å². The smallest absolute Gasteiger partial charge is 0.246 e. The van der Waals surface area contributed by atoms with Crippen LogP contribution in [0.4, 0.5) is 0 Å². The average Bonchev–Trinajstić information content (AvgIpc) is 2.71. The Hall–Kier alpha value is -1.43. The van der Waals surface area contributed by atoms with Crippen molar-refractivity contribution in [2.45, 2.75) is 31.7 Å². The molecule has 0 bridgehead atoms. The monoisotopic (exact) mass is 311 g/mol. The Morgan fingerprint density at radius 2 is 1.81 bits per heavy atom. The van der Waals surface area contributed by atoms with Gasteiger partial charge in [-0.25, -0.2) is 8.42 Å². The van der Waals surface area contributed by atoms with Crippen LogP contribution in [0.1, 0.15) is 18.3 Å². The lowest BCUT2D eigenvalue weighted by Gasteiger charge is -2.35. The van der Waals surface area contributed by atoms with Crippen LogP contribution in [-0.2, 0) is 17.1 Å². The second kappa shape index (κ2) is 5.75. The van der Waals surface area contributed by atoms with Gasteiger partial charge in [0.25, 0.3) is 0 Å². The maximum atomic E-state index is 12.8. The summed E-state index contributed by atoms with van der Waals surface area (Å²) in [7, 11) is -1.77. The molecule has 21 heavy (non-hydrogen) atoms. The van der Waals surface area contributed by atoms with Crippen molar-refractivity contribution in [1.82, 2.24) is 19.0 Å². The number of nitriles is 1. The third-order valence-corrected chi connectivity index (χ3v) is 6.20. The van der Waals surface area contributed by atoms with Gasteiger partial charge in [0.2, 0.25) is 10.0 Å². The van der Waals surface area contributed by atoms with Crippen molar-refractivity contribution in [3.05, 3.63) is 11.4 Å². The predicted molar refractivity (Wildman–Crippen MR) is 78.1 cm³/mol. The Labute approximate surface area is 125 Å². The van der Waals surface area contributed by atoms with E-state index in [1.165, 1.54) is 4.31 Å². The summed E-state index contributed by atoms with van der Waals surface area (Å²) in [4.78, 5) is 2.31. The van der Waals surface area contributed by atoms with Crippen LogP contribution in [0.15, 0.2) is 4.90 Å². The molecule has 116 valence electrons. The predicted octanol–water partition coefficient (Wildman–Crippen LogP) is 0.255. The standard InChI is InChI=1S/C13H21N5O2S/c1-10(9-14)17-5-7-18(8-6-17)21(19,20)13-11(2)15-16(4)12(13)3/h10H,5-8H2,1-4H3. The van der Waals surface area contributed by atoms with Crippen molar-refractivity contribution in [3.8, 4) is 6.07 Å². The summed E-state index contributed by atoms with van der Waals surface area (Å²) in [5.74, 6) is 0. The molecule has 0 N–H and O–H groups in total. The first-order valence-corrected chi connectivity index (χ1v) is 8.37. The molecule has 1 aliphatic rings. The molecule has 7 nitrogen and oxygen atoms in total. The van der Waals surface area contributed by atoms with E-state index in [9.17, 15) is 8.42 Å². The number of aromatic nitrogens is 2. The van der Waals surface area contributed by atoms with Gasteiger partial charge in [0, 0.05) is 33.2 Å². The minimum absolute atomic E-state index is 0.184. The molecule has 2 rings (SSSR count). The molecule has 0 aliphatic carbocycles. The number of hydrogen-bond acceptors (Lipinski definition) is 5. The van der Waals surface area contributed by atoms with Gasteiger partial charge >= 0.3 is 0 Å². The molecule has 0 spiro atoms. The Morgan fingerprint density at radius 3 is 2.24 bits per heavy atom.